The van der Waals surface area contributed by atoms with E-state index in [1.165, 1.54) is 11.3 Å². The molecule has 0 aliphatic heterocycles. The fraction of sp³-hybridized carbons (Fsp3) is 0.231. The lowest BCUT2D eigenvalue weighted by Crippen LogP contribution is -2.33. The summed E-state index contributed by atoms with van der Waals surface area (Å²) in [4.78, 5) is 22.5. The summed E-state index contributed by atoms with van der Waals surface area (Å²) in [6.07, 6.45) is 0.813. The fourth-order valence-corrected chi connectivity index (χ4v) is 4.52. The van der Waals surface area contributed by atoms with Gasteiger partial charge in [-0.3, -0.25) is 9.69 Å². The van der Waals surface area contributed by atoms with E-state index >= 15 is 0 Å². The third-order valence-electron chi connectivity index (χ3n) is 5.14. The van der Waals surface area contributed by atoms with Crippen molar-refractivity contribution in [1.29, 1.82) is 0 Å². The Morgan fingerprint density at radius 2 is 1.64 bits per heavy atom. The number of carbonyl (C=O) groups is 1. The van der Waals surface area contributed by atoms with Crippen LogP contribution in [-0.4, -0.2) is 50.1 Å². The Morgan fingerprint density at radius 3 is 2.39 bits per heavy atom. The molecule has 0 bridgehead atoms. The van der Waals surface area contributed by atoms with Gasteiger partial charge in [-0.1, -0.05) is 47.7 Å². The second-order valence-electron chi connectivity index (χ2n) is 7.83. The molecule has 0 aliphatic carbocycles. The molecule has 0 N–H and O–H groups in total. The third-order valence-corrected chi connectivity index (χ3v) is 6.19. The van der Waals surface area contributed by atoms with Crippen molar-refractivity contribution in [3.63, 3.8) is 0 Å². The first-order chi connectivity index (χ1) is 16.1. The number of fused-ring (bicyclic) bond motifs is 1. The molecule has 0 saturated carbocycles. The number of hydrogen-bond donors (Lipinski definition) is 0. The van der Waals surface area contributed by atoms with E-state index in [1.807, 2.05) is 80.8 Å². The number of thiazole rings is 1. The van der Waals surface area contributed by atoms with Gasteiger partial charge >= 0.3 is 0 Å². The molecule has 0 radical (unpaired) electrons. The van der Waals surface area contributed by atoms with Crippen molar-refractivity contribution in [2.75, 3.05) is 39.2 Å². The van der Waals surface area contributed by atoms with Crippen LogP contribution in [0.25, 0.3) is 10.2 Å². The minimum atomic E-state index is -0.140. The largest absolute Gasteiger partial charge is 0.494 e. The van der Waals surface area contributed by atoms with E-state index in [9.17, 15) is 4.79 Å². The Morgan fingerprint density at radius 1 is 0.909 bits per heavy atom. The third kappa shape index (κ3) is 5.32. The fourth-order valence-electron chi connectivity index (χ4n) is 3.51. The van der Waals surface area contributed by atoms with Crippen molar-refractivity contribution >= 4 is 32.6 Å². The van der Waals surface area contributed by atoms with Gasteiger partial charge in [-0.25, -0.2) is 4.98 Å². The standard InChI is InChI=1S/C26H27N3O3S/c1-28(2)17-10-18-29(26-27-24-22(31-3)15-9-16-23(24)33-26)25(30)20-13-7-8-14-21(20)32-19-11-5-4-6-12-19/h4-9,11-16H,10,17-18H2,1-3H3. The molecule has 1 amide bonds. The highest BCUT2D eigenvalue weighted by Crippen LogP contribution is 2.35. The molecule has 0 unspecified atom stereocenters. The van der Waals surface area contributed by atoms with Gasteiger partial charge in [0, 0.05) is 6.54 Å². The number of amides is 1. The summed E-state index contributed by atoms with van der Waals surface area (Å²) >= 11 is 1.49. The number of anilines is 1. The molecule has 0 aliphatic rings. The molecule has 170 valence electrons. The van der Waals surface area contributed by atoms with Crippen LogP contribution in [0.4, 0.5) is 5.13 Å². The number of methoxy groups -OCH3 is 1. The summed E-state index contributed by atoms with van der Waals surface area (Å²) in [5, 5.41) is 0.646. The van der Waals surface area contributed by atoms with E-state index < -0.39 is 0 Å². The maximum Gasteiger partial charge on any atom is 0.263 e. The second-order valence-corrected chi connectivity index (χ2v) is 8.84. The summed E-state index contributed by atoms with van der Waals surface area (Å²) in [6.45, 7) is 1.40. The van der Waals surface area contributed by atoms with Crippen LogP contribution >= 0.6 is 11.3 Å². The van der Waals surface area contributed by atoms with E-state index in [-0.39, 0.29) is 5.91 Å². The van der Waals surface area contributed by atoms with Crippen LogP contribution < -0.4 is 14.4 Å². The zero-order valence-corrected chi connectivity index (χ0v) is 19.8. The molecule has 6 nitrogen and oxygen atoms in total. The molecule has 1 aromatic heterocycles. The van der Waals surface area contributed by atoms with Gasteiger partial charge in [0.15, 0.2) is 5.13 Å². The Kier molecular flexibility index (Phi) is 7.22. The monoisotopic (exact) mass is 461 g/mol. The first-order valence-corrected chi connectivity index (χ1v) is 11.6. The number of para-hydroxylation sites is 3. The van der Waals surface area contributed by atoms with Gasteiger partial charge in [0.1, 0.15) is 22.8 Å². The first kappa shape index (κ1) is 22.8. The number of benzene rings is 3. The molecule has 4 aromatic rings. The Labute approximate surface area is 198 Å². The van der Waals surface area contributed by atoms with E-state index in [0.29, 0.717) is 34.5 Å². The molecule has 4 rings (SSSR count). The molecular weight excluding hydrogens is 434 g/mol. The molecule has 0 fully saturated rings. The average molecular weight is 462 g/mol. The molecular formula is C26H27N3O3S. The SMILES string of the molecule is COc1cccc2sc(N(CCCN(C)C)C(=O)c3ccccc3Oc3ccccc3)nc12. The number of nitrogens with zero attached hydrogens (tertiary/aromatic N) is 3. The van der Waals surface area contributed by atoms with Gasteiger partial charge < -0.3 is 14.4 Å². The highest BCUT2D eigenvalue weighted by Gasteiger charge is 2.24. The maximum atomic E-state index is 13.8. The molecule has 0 spiro atoms. The second kappa shape index (κ2) is 10.5. The first-order valence-electron chi connectivity index (χ1n) is 10.8. The minimum absolute atomic E-state index is 0.140. The molecule has 1 heterocycles. The van der Waals surface area contributed by atoms with Gasteiger partial charge in [0.2, 0.25) is 0 Å². The van der Waals surface area contributed by atoms with Gasteiger partial charge in [-0.15, -0.1) is 0 Å². The van der Waals surface area contributed by atoms with Crippen LogP contribution in [0.15, 0.2) is 72.8 Å². The normalized spacial score (nSPS) is 11.0. The molecule has 7 heteroatoms. The zero-order chi connectivity index (χ0) is 23.2. The van der Waals surface area contributed by atoms with E-state index in [4.69, 9.17) is 14.5 Å². The predicted octanol–water partition coefficient (Wildman–Crippen LogP) is 5.70. The zero-order valence-electron chi connectivity index (χ0n) is 19.0. The highest BCUT2D eigenvalue weighted by atomic mass is 32.1. The number of rotatable bonds is 9. The summed E-state index contributed by atoms with van der Waals surface area (Å²) in [5.74, 6) is 1.76. The number of hydrogen-bond acceptors (Lipinski definition) is 6. The molecule has 33 heavy (non-hydrogen) atoms. The van der Waals surface area contributed by atoms with Crippen LogP contribution in [0, 0.1) is 0 Å². The lowest BCUT2D eigenvalue weighted by molar-refractivity contribution is 0.0984. The van der Waals surface area contributed by atoms with Crippen LogP contribution in [-0.2, 0) is 0 Å². The number of ether oxygens (including phenoxy) is 2. The smallest absolute Gasteiger partial charge is 0.263 e. The van der Waals surface area contributed by atoms with Crippen molar-refractivity contribution in [3.8, 4) is 17.2 Å². The van der Waals surface area contributed by atoms with Crippen LogP contribution in [0.5, 0.6) is 17.2 Å². The Balaban J connectivity index is 1.70. The lowest BCUT2D eigenvalue weighted by Gasteiger charge is -2.22. The molecule has 3 aromatic carbocycles. The van der Waals surface area contributed by atoms with E-state index in [2.05, 4.69) is 4.90 Å². The van der Waals surface area contributed by atoms with Crippen molar-refractivity contribution in [2.45, 2.75) is 6.42 Å². The molecule has 0 saturated heterocycles. The van der Waals surface area contributed by atoms with E-state index in [1.54, 1.807) is 18.1 Å². The Hall–Kier alpha value is -3.42. The quantitative estimate of drug-likeness (QED) is 0.320. The van der Waals surface area contributed by atoms with Gasteiger partial charge in [-0.2, -0.15) is 0 Å². The van der Waals surface area contributed by atoms with Crippen molar-refractivity contribution in [3.05, 3.63) is 78.4 Å². The van der Waals surface area contributed by atoms with Gasteiger partial charge in [0.25, 0.3) is 5.91 Å². The Bertz CT molecular complexity index is 1220. The van der Waals surface area contributed by atoms with Crippen LogP contribution in [0.3, 0.4) is 0 Å². The van der Waals surface area contributed by atoms with Crippen LogP contribution in [0.2, 0.25) is 0 Å². The maximum absolute atomic E-state index is 13.8. The van der Waals surface area contributed by atoms with Crippen LogP contribution in [0.1, 0.15) is 16.8 Å². The van der Waals surface area contributed by atoms with E-state index in [0.717, 1.165) is 23.2 Å². The van der Waals surface area contributed by atoms with Crippen molar-refractivity contribution in [2.24, 2.45) is 0 Å². The number of carbonyl (C=O) groups excluding carboxylic acids is 1. The predicted molar refractivity (Wildman–Crippen MR) is 134 cm³/mol. The summed E-state index contributed by atoms with van der Waals surface area (Å²) < 4.78 is 12.5. The minimum Gasteiger partial charge on any atom is -0.494 e. The average Bonchev–Trinajstić information content (AvgIpc) is 3.26. The lowest BCUT2D eigenvalue weighted by atomic mass is 10.1. The van der Waals surface area contributed by atoms with Gasteiger partial charge in [-0.05, 0) is 63.5 Å². The van der Waals surface area contributed by atoms with Crippen molar-refractivity contribution < 1.29 is 14.3 Å². The topological polar surface area (TPSA) is 54.9 Å². The summed E-state index contributed by atoms with van der Waals surface area (Å²) in [5.41, 5.74) is 1.26. The van der Waals surface area contributed by atoms with Crippen molar-refractivity contribution in [1.82, 2.24) is 9.88 Å². The molecule has 0 atom stereocenters. The summed E-state index contributed by atoms with van der Waals surface area (Å²) in [7, 11) is 5.68. The van der Waals surface area contributed by atoms with Gasteiger partial charge in [0.05, 0.1) is 17.4 Å². The summed E-state index contributed by atoms with van der Waals surface area (Å²) in [6, 6.07) is 22.6. The number of aromatic nitrogens is 1. The highest BCUT2D eigenvalue weighted by molar-refractivity contribution is 7.22.